The molecule has 1 aromatic rings. The fourth-order valence-electron chi connectivity index (χ4n) is 5.85. The quantitative estimate of drug-likeness (QED) is 0.585. The van der Waals surface area contributed by atoms with Crippen LogP contribution in [-0.4, -0.2) is 54.6 Å². The van der Waals surface area contributed by atoms with Gasteiger partial charge in [-0.15, -0.1) is 6.58 Å². The highest BCUT2D eigenvalue weighted by Gasteiger charge is 2.62. The predicted molar refractivity (Wildman–Crippen MR) is 114 cm³/mol. The number of carbonyl (C=O) groups excluding carboxylic acids is 1. The summed E-state index contributed by atoms with van der Waals surface area (Å²) in [5.41, 5.74) is 1.24. The molecule has 4 heterocycles. The zero-order valence-electron chi connectivity index (χ0n) is 17.9. The van der Waals surface area contributed by atoms with Crippen molar-refractivity contribution < 1.29 is 9.18 Å². The third-order valence-corrected chi connectivity index (χ3v) is 8.17. The predicted octanol–water partition coefficient (Wildman–Crippen LogP) is 3.62. The van der Waals surface area contributed by atoms with E-state index in [2.05, 4.69) is 46.6 Å². The van der Waals surface area contributed by atoms with E-state index in [1.165, 1.54) is 26.4 Å². The Labute approximate surface area is 173 Å². The van der Waals surface area contributed by atoms with E-state index in [1.54, 1.807) is 12.1 Å². The maximum absolute atomic E-state index is 14.5. The number of anilines is 1. The van der Waals surface area contributed by atoms with E-state index in [0.29, 0.717) is 23.2 Å². The van der Waals surface area contributed by atoms with Gasteiger partial charge in [0.25, 0.3) is 5.91 Å². The van der Waals surface area contributed by atoms with Crippen LogP contribution in [0.5, 0.6) is 0 Å². The number of nitrogens with one attached hydrogen (secondary N) is 1. The third-order valence-electron chi connectivity index (χ3n) is 8.17. The molecule has 4 aliphatic rings. The van der Waals surface area contributed by atoms with Gasteiger partial charge in [0.05, 0.1) is 5.69 Å². The molecule has 2 bridgehead atoms. The molecular weight excluding hydrogens is 367 g/mol. The number of allylic oxidation sites excluding steroid dienone is 1. The Morgan fingerprint density at radius 2 is 2.07 bits per heavy atom. The maximum Gasteiger partial charge on any atom is 0.269 e. The van der Waals surface area contributed by atoms with Gasteiger partial charge < -0.3 is 10.2 Å². The molecule has 6 heteroatoms. The van der Waals surface area contributed by atoms with E-state index in [1.807, 2.05) is 0 Å². The van der Waals surface area contributed by atoms with Crippen LogP contribution in [0.1, 0.15) is 56.4 Å². The highest BCUT2D eigenvalue weighted by molar-refractivity contribution is 5.92. The minimum absolute atomic E-state index is 0.118. The number of hydrogen-bond donors (Lipinski definition) is 1. The molecule has 0 radical (unpaired) electrons. The molecule has 5 rings (SSSR count). The van der Waals surface area contributed by atoms with E-state index in [0.717, 1.165) is 32.4 Å². The number of hydrogen-bond acceptors (Lipinski definition) is 4. The summed E-state index contributed by atoms with van der Waals surface area (Å²) in [6, 6.07) is 4.57. The molecule has 1 aromatic heterocycles. The first kappa shape index (κ1) is 20.3. The normalized spacial score (nSPS) is 29.2. The number of piperidine rings is 1. The van der Waals surface area contributed by atoms with E-state index in [9.17, 15) is 9.18 Å². The lowest BCUT2D eigenvalue weighted by Gasteiger charge is -2.50. The lowest BCUT2D eigenvalue weighted by Crippen LogP contribution is -2.47. The number of pyridine rings is 1. The molecule has 1 aliphatic carbocycles. The van der Waals surface area contributed by atoms with Crippen molar-refractivity contribution in [3.8, 4) is 0 Å². The summed E-state index contributed by atoms with van der Waals surface area (Å²) in [6.45, 7) is 11.6. The van der Waals surface area contributed by atoms with Crippen molar-refractivity contribution in [2.75, 3.05) is 31.6 Å². The molecule has 5 nitrogen and oxygen atoms in total. The molecule has 1 saturated carbocycles. The van der Waals surface area contributed by atoms with Gasteiger partial charge in [0, 0.05) is 38.8 Å². The zero-order valence-corrected chi connectivity index (χ0v) is 17.9. The molecular formula is C23H33FN4O. The van der Waals surface area contributed by atoms with Gasteiger partial charge in [-0.1, -0.05) is 19.9 Å². The van der Waals surface area contributed by atoms with Crippen molar-refractivity contribution in [3.05, 3.63) is 36.4 Å². The SMILES string of the molecule is C=CC(C)(CC)C12CC(C1)N(C1CCN(c3ccc(C(=O)NC)nc3F)CC1)C2. The highest BCUT2D eigenvalue weighted by atomic mass is 19.1. The monoisotopic (exact) mass is 400 g/mol. The third kappa shape index (κ3) is 3.16. The van der Waals surface area contributed by atoms with Gasteiger partial charge in [0.1, 0.15) is 5.69 Å². The lowest BCUT2D eigenvalue weighted by atomic mass is 9.54. The molecule has 1 amide bonds. The van der Waals surface area contributed by atoms with Gasteiger partial charge in [-0.2, -0.15) is 4.39 Å². The fraction of sp³-hybridized carbons (Fsp3) is 0.652. The molecule has 0 aromatic carbocycles. The van der Waals surface area contributed by atoms with Crippen molar-refractivity contribution in [1.82, 2.24) is 15.2 Å². The summed E-state index contributed by atoms with van der Waals surface area (Å²) in [4.78, 5) is 20.3. The molecule has 0 spiro atoms. The van der Waals surface area contributed by atoms with Crippen LogP contribution < -0.4 is 10.2 Å². The number of amides is 1. The van der Waals surface area contributed by atoms with Crippen LogP contribution in [0.3, 0.4) is 0 Å². The van der Waals surface area contributed by atoms with Crippen LogP contribution in [0.25, 0.3) is 0 Å². The Morgan fingerprint density at radius 1 is 1.38 bits per heavy atom. The van der Waals surface area contributed by atoms with Crippen molar-refractivity contribution in [2.45, 2.75) is 58.0 Å². The average Bonchev–Trinajstić information content (AvgIpc) is 3.30. The molecule has 3 saturated heterocycles. The number of rotatable bonds is 6. The Kier molecular flexibility index (Phi) is 5.18. The Hall–Kier alpha value is -1.95. The number of aromatic nitrogens is 1. The maximum atomic E-state index is 14.5. The van der Waals surface area contributed by atoms with Gasteiger partial charge in [0.2, 0.25) is 5.95 Å². The van der Waals surface area contributed by atoms with Gasteiger partial charge in [0.15, 0.2) is 0 Å². The molecule has 1 atom stereocenters. The standard InChI is InChI=1S/C23H33FN4O/c1-5-22(3,6-2)23-13-17(14-23)28(15-23)16-9-11-27(12-10-16)19-8-7-18(21(29)25-4)26-20(19)24/h5,7-8,16-17H,1,6,9-15H2,2-4H3,(H,25,29). The minimum Gasteiger partial charge on any atom is -0.368 e. The van der Waals surface area contributed by atoms with Crippen LogP contribution in [0.15, 0.2) is 24.8 Å². The summed E-state index contributed by atoms with van der Waals surface area (Å²) in [7, 11) is 1.52. The minimum atomic E-state index is -0.559. The molecule has 158 valence electrons. The smallest absolute Gasteiger partial charge is 0.269 e. The highest BCUT2D eigenvalue weighted by Crippen LogP contribution is 2.63. The van der Waals surface area contributed by atoms with E-state index in [-0.39, 0.29) is 17.0 Å². The zero-order chi connectivity index (χ0) is 20.8. The van der Waals surface area contributed by atoms with Crippen LogP contribution in [0, 0.1) is 16.8 Å². The fourth-order valence-corrected chi connectivity index (χ4v) is 5.85. The Bertz CT molecular complexity index is 798. The molecule has 3 aliphatic heterocycles. The summed E-state index contributed by atoms with van der Waals surface area (Å²) < 4.78 is 14.5. The second-order valence-corrected chi connectivity index (χ2v) is 9.29. The molecule has 29 heavy (non-hydrogen) atoms. The second-order valence-electron chi connectivity index (χ2n) is 9.29. The molecule has 4 fully saturated rings. The van der Waals surface area contributed by atoms with Crippen LogP contribution >= 0.6 is 0 Å². The van der Waals surface area contributed by atoms with E-state index in [4.69, 9.17) is 0 Å². The number of nitrogens with zero attached hydrogens (tertiary/aromatic N) is 3. The first-order valence-electron chi connectivity index (χ1n) is 10.9. The van der Waals surface area contributed by atoms with Crippen molar-refractivity contribution >= 4 is 11.6 Å². The number of carbonyl (C=O) groups is 1. The number of fused-ring (bicyclic) bond motifs is 1. The lowest BCUT2D eigenvalue weighted by molar-refractivity contribution is 0.0459. The summed E-state index contributed by atoms with van der Waals surface area (Å²) >= 11 is 0. The van der Waals surface area contributed by atoms with Crippen molar-refractivity contribution in [2.24, 2.45) is 10.8 Å². The van der Waals surface area contributed by atoms with Crippen LogP contribution in [-0.2, 0) is 0 Å². The average molecular weight is 401 g/mol. The van der Waals surface area contributed by atoms with Crippen LogP contribution in [0.2, 0.25) is 0 Å². The van der Waals surface area contributed by atoms with Gasteiger partial charge in [-0.3, -0.25) is 9.69 Å². The van der Waals surface area contributed by atoms with Gasteiger partial charge in [-0.25, -0.2) is 4.98 Å². The van der Waals surface area contributed by atoms with Gasteiger partial charge in [-0.05, 0) is 55.1 Å². The second kappa shape index (κ2) is 7.38. The Balaban J connectivity index is 1.39. The largest absolute Gasteiger partial charge is 0.368 e. The van der Waals surface area contributed by atoms with Gasteiger partial charge >= 0.3 is 0 Å². The Morgan fingerprint density at radius 3 is 2.62 bits per heavy atom. The number of halogens is 1. The summed E-state index contributed by atoms with van der Waals surface area (Å²) in [5, 5.41) is 2.48. The topological polar surface area (TPSA) is 48.5 Å². The van der Waals surface area contributed by atoms with E-state index >= 15 is 0 Å². The first-order valence-corrected chi connectivity index (χ1v) is 10.9. The van der Waals surface area contributed by atoms with Crippen LogP contribution in [0.4, 0.5) is 10.1 Å². The first-order chi connectivity index (χ1) is 13.9. The molecule has 1 unspecified atom stereocenters. The van der Waals surface area contributed by atoms with E-state index < -0.39 is 5.95 Å². The van der Waals surface area contributed by atoms with Crippen molar-refractivity contribution in [1.29, 1.82) is 0 Å². The summed E-state index contributed by atoms with van der Waals surface area (Å²) in [5.74, 6) is -0.925. The summed E-state index contributed by atoms with van der Waals surface area (Å²) in [6.07, 6.45) is 8.01. The molecule has 1 N–H and O–H groups in total. The van der Waals surface area contributed by atoms with Crippen molar-refractivity contribution in [3.63, 3.8) is 0 Å².